The number of fused-ring (bicyclic) bond motifs is 1. The monoisotopic (exact) mass is 323 g/mol. The molecule has 0 N–H and O–H groups in total. The molecule has 2 heteroatoms. The summed E-state index contributed by atoms with van der Waals surface area (Å²) in [6.45, 7) is 0. The molecule has 0 aliphatic carbocycles. The van der Waals surface area contributed by atoms with E-state index in [1.807, 2.05) is 91.0 Å². The number of aromatic nitrogens is 1. The molecule has 0 saturated heterocycles. The number of hydrogen-bond acceptors (Lipinski definition) is 1. The molecule has 4 aromatic rings. The van der Waals surface area contributed by atoms with Crippen molar-refractivity contribution in [2.45, 2.75) is 0 Å². The van der Waals surface area contributed by atoms with Gasteiger partial charge in [-0.3, -0.25) is 9.36 Å². The van der Waals surface area contributed by atoms with E-state index in [4.69, 9.17) is 0 Å². The lowest BCUT2D eigenvalue weighted by Crippen LogP contribution is -2.08. The number of benzene rings is 3. The number of hydrogen-bond donors (Lipinski definition) is 0. The molecular formula is C23H17NO. The van der Waals surface area contributed by atoms with E-state index in [9.17, 15) is 4.79 Å². The summed E-state index contributed by atoms with van der Waals surface area (Å²) in [5.74, 6) is -0.0519. The lowest BCUT2D eigenvalue weighted by molar-refractivity contribution is 0.0976. The number of nitrogens with zero attached hydrogens (tertiary/aromatic N) is 1. The molecule has 0 saturated carbocycles. The van der Waals surface area contributed by atoms with E-state index < -0.39 is 0 Å². The third-order valence-corrected chi connectivity index (χ3v) is 4.22. The molecule has 2 nitrogen and oxygen atoms in total. The molecule has 0 radical (unpaired) electrons. The van der Waals surface area contributed by atoms with E-state index >= 15 is 0 Å². The van der Waals surface area contributed by atoms with Gasteiger partial charge in [-0.15, -0.1) is 0 Å². The van der Waals surface area contributed by atoms with Gasteiger partial charge in [-0.1, -0.05) is 78.9 Å². The van der Waals surface area contributed by atoms with Gasteiger partial charge >= 0.3 is 0 Å². The minimum atomic E-state index is -0.0519. The second-order valence-electron chi connectivity index (χ2n) is 5.87. The highest BCUT2D eigenvalue weighted by molar-refractivity contribution is 6.04. The van der Waals surface area contributed by atoms with Crippen LogP contribution < -0.4 is 0 Å². The summed E-state index contributed by atoms with van der Waals surface area (Å²) in [6.07, 6.45) is 3.49. The predicted octanol–water partition coefficient (Wildman–Crippen LogP) is 5.66. The van der Waals surface area contributed by atoms with Crippen LogP contribution in [-0.2, 0) is 0 Å². The topological polar surface area (TPSA) is 22.0 Å². The van der Waals surface area contributed by atoms with Gasteiger partial charge in [0.2, 0.25) is 0 Å². The minimum absolute atomic E-state index is 0.0519. The molecule has 120 valence electrons. The van der Waals surface area contributed by atoms with Crippen LogP contribution in [0, 0.1) is 0 Å². The number of allylic oxidation sites excluding steroid dienone is 1. The number of para-hydroxylation sites is 1. The van der Waals surface area contributed by atoms with Gasteiger partial charge in [-0.25, -0.2) is 0 Å². The summed E-state index contributed by atoms with van der Waals surface area (Å²) < 4.78 is 1.78. The first-order valence-electron chi connectivity index (χ1n) is 8.26. The van der Waals surface area contributed by atoms with Crippen LogP contribution in [0.25, 0.3) is 28.2 Å². The van der Waals surface area contributed by atoms with Crippen molar-refractivity contribution in [3.63, 3.8) is 0 Å². The summed E-state index contributed by atoms with van der Waals surface area (Å²) in [6, 6.07) is 29.9. The molecule has 4 rings (SSSR count). The fourth-order valence-corrected chi connectivity index (χ4v) is 3.02. The molecular weight excluding hydrogens is 306 g/mol. The van der Waals surface area contributed by atoms with Crippen LogP contribution in [0.3, 0.4) is 0 Å². The first-order valence-corrected chi connectivity index (χ1v) is 8.26. The van der Waals surface area contributed by atoms with Gasteiger partial charge in [0, 0.05) is 11.5 Å². The average Bonchev–Trinajstić information content (AvgIpc) is 3.07. The quantitative estimate of drug-likeness (QED) is 0.446. The Kier molecular flexibility index (Phi) is 4.01. The zero-order valence-corrected chi connectivity index (χ0v) is 13.7. The maximum Gasteiger partial charge on any atom is 0.255 e. The number of carbonyl (C=O) groups is 1. The van der Waals surface area contributed by atoms with Crippen molar-refractivity contribution >= 4 is 22.9 Å². The van der Waals surface area contributed by atoms with Crippen molar-refractivity contribution in [1.29, 1.82) is 0 Å². The Labute approximate surface area is 146 Å². The average molecular weight is 323 g/mol. The Morgan fingerprint density at radius 1 is 0.760 bits per heavy atom. The Hall–Kier alpha value is -3.39. The summed E-state index contributed by atoms with van der Waals surface area (Å²) in [5.41, 5.74) is 3.86. The molecule has 0 atom stereocenters. The van der Waals surface area contributed by atoms with Crippen LogP contribution >= 0.6 is 0 Å². The van der Waals surface area contributed by atoms with E-state index in [1.54, 1.807) is 10.6 Å². The Morgan fingerprint density at radius 2 is 1.40 bits per heavy atom. The SMILES string of the molecule is O=C(/C=C\c1ccccc1)n1c(-c2ccccc2)cc2ccccc21. The largest absolute Gasteiger partial charge is 0.276 e. The molecule has 0 aliphatic heterocycles. The maximum atomic E-state index is 13.0. The first-order chi connectivity index (χ1) is 12.3. The normalized spacial score (nSPS) is 11.2. The molecule has 25 heavy (non-hydrogen) atoms. The number of rotatable bonds is 3. The molecule has 3 aromatic carbocycles. The van der Waals surface area contributed by atoms with Crippen molar-refractivity contribution in [3.05, 3.63) is 103 Å². The summed E-state index contributed by atoms with van der Waals surface area (Å²) in [7, 11) is 0. The highest BCUT2D eigenvalue weighted by Gasteiger charge is 2.14. The molecule has 1 heterocycles. The second-order valence-corrected chi connectivity index (χ2v) is 5.87. The highest BCUT2D eigenvalue weighted by atomic mass is 16.1. The fraction of sp³-hybridized carbons (Fsp3) is 0. The zero-order valence-electron chi connectivity index (χ0n) is 13.7. The summed E-state index contributed by atoms with van der Waals surface area (Å²) in [4.78, 5) is 13.0. The molecule has 1 aromatic heterocycles. The van der Waals surface area contributed by atoms with E-state index in [-0.39, 0.29) is 5.91 Å². The lowest BCUT2D eigenvalue weighted by atomic mass is 10.1. The molecule has 0 fully saturated rings. The summed E-state index contributed by atoms with van der Waals surface area (Å²) >= 11 is 0. The van der Waals surface area contributed by atoms with Gasteiger partial charge in [0.15, 0.2) is 0 Å². The highest BCUT2D eigenvalue weighted by Crippen LogP contribution is 2.28. The minimum Gasteiger partial charge on any atom is -0.276 e. The predicted molar refractivity (Wildman–Crippen MR) is 103 cm³/mol. The van der Waals surface area contributed by atoms with Gasteiger partial charge in [-0.2, -0.15) is 0 Å². The lowest BCUT2D eigenvalue weighted by Gasteiger charge is -2.07. The third-order valence-electron chi connectivity index (χ3n) is 4.22. The number of carbonyl (C=O) groups excluding carboxylic acids is 1. The van der Waals surface area contributed by atoms with Gasteiger partial charge in [-0.05, 0) is 29.3 Å². The van der Waals surface area contributed by atoms with Gasteiger partial charge in [0.25, 0.3) is 5.91 Å². The molecule has 0 amide bonds. The third kappa shape index (κ3) is 3.02. The molecule has 0 spiro atoms. The molecule has 0 bridgehead atoms. The van der Waals surface area contributed by atoms with E-state index in [1.165, 1.54) is 0 Å². The second kappa shape index (κ2) is 6.62. The summed E-state index contributed by atoms with van der Waals surface area (Å²) in [5, 5.41) is 1.06. The zero-order chi connectivity index (χ0) is 17.1. The smallest absolute Gasteiger partial charge is 0.255 e. The van der Waals surface area contributed by atoms with Crippen molar-refractivity contribution < 1.29 is 4.79 Å². The van der Waals surface area contributed by atoms with Crippen LogP contribution in [0.2, 0.25) is 0 Å². The van der Waals surface area contributed by atoms with Crippen LogP contribution in [0.15, 0.2) is 97.1 Å². The van der Waals surface area contributed by atoms with Crippen molar-refractivity contribution in [2.75, 3.05) is 0 Å². The maximum absolute atomic E-state index is 13.0. The molecule has 0 unspecified atom stereocenters. The van der Waals surface area contributed by atoms with Gasteiger partial charge < -0.3 is 0 Å². The van der Waals surface area contributed by atoms with Crippen molar-refractivity contribution in [2.24, 2.45) is 0 Å². The van der Waals surface area contributed by atoms with Gasteiger partial charge in [0.1, 0.15) is 0 Å². The fourth-order valence-electron chi connectivity index (χ4n) is 3.02. The van der Waals surface area contributed by atoms with E-state index in [0.717, 1.165) is 27.7 Å². The van der Waals surface area contributed by atoms with Gasteiger partial charge in [0.05, 0.1) is 11.2 Å². The Balaban J connectivity index is 1.82. The van der Waals surface area contributed by atoms with Crippen LogP contribution in [0.5, 0.6) is 0 Å². The van der Waals surface area contributed by atoms with Crippen LogP contribution in [0.4, 0.5) is 0 Å². The molecule has 0 aliphatic rings. The van der Waals surface area contributed by atoms with Crippen molar-refractivity contribution in [3.8, 4) is 11.3 Å². The van der Waals surface area contributed by atoms with E-state index in [2.05, 4.69) is 6.07 Å². The Bertz CT molecular complexity index is 1040. The first kappa shape index (κ1) is 15.2. The van der Waals surface area contributed by atoms with Crippen LogP contribution in [-0.4, -0.2) is 10.5 Å². The van der Waals surface area contributed by atoms with Crippen LogP contribution in [0.1, 0.15) is 10.4 Å². The standard InChI is InChI=1S/C23H17NO/c25-23(16-15-18-9-3-1-4-10-18)24-21-14-8-7-13-20(21)17-22(24)19-11-5-2-6-12-19/h1-17H/b16-15-. The van der Waals surface area contributed by atoms with E-state index in [0.29, 0.717) is 0 Å². The van der Waals surface area contributed by atoms with Crippen molar-refractivity contribution in [1.82, 2.24) is 4.57 Å². The Morgan fingerprint density at radius 3 is 2.16 bits per heavy atom.